The molecule has 2 nitrogen and oxygen atoms in total. The molecule has 1 aromatic rings. The quantitative estimate of drug-likeness (QED) is 0.884. The van der Waals surface area contributed by atoms with Gasteiger partial charge in [0.1, 0.15) is 11.4 Å². The second-order valence-electron chi connectivity index (χ2n) is 5.28. The lowest BCUT2D eigenvalue weighted by Gasteiger charge is -2.42. The summed E-state index contributed by atoms with van der Waals surface area (Å²) in [5.74, 6) is 2.31. The van der Waals surface area contributed by atoms with E-state index >= 15 is 0 Å². The van der Waals surface area contributed by atoms with Gasteiger partial charge in [-0.3, -0.25) is 0 Å². The molecule has 1 N–H and O–H groups in total. The zero-order chi connectivity index (χ0) is 12.6. The molecular formula is C15H21NOS. The van der Waals surface area contributed by atoms with Crippen LogP contribution < -0.4 is 10.1 Å². The Morgan fingerprint density at radius 1 is 1.44 bits per heavy atom. The summed E-state index contributed by atoms with van der Waals surface area (Å²) in [5.41, 5.74) is 1.38. The Bertz CT molecular complexity index is 436. The van der Waals surface area contributed by atoms with E-state index in [-0.39, 0.29) is 5.60 Å². The van der Waals surface area contributed by atoms with Gasteiger partial charge in [0.05, 0.1) is 0 Å². The molecule has 1 fully saturated rings. The molecule has 0 saturated carbocycles. The number of hydrogen-bond acceptors (Lipinski definition) is 3. The Morgan fingerprint density at radius 2 is 2.28 bits per heavy atom. The summed E-state index contributed by atoms with van der Waals surface area (Å²) >= 11 is 2.04. The summed E-state index contributed by atoms with van der Waals surface area (Å²) in [5, 5.41) is 4.21. The lowest BCUT2D eigenvalue weighted by molar-refractivity contribution is 0.0356. The maximum Gasteiger partial charge on any atom is 0.124 e. The van der Waals surface area contributed by atoms with Gasteiger partial charge < -0.3 is 10.1 Å². The van der Waals surface area contributed by atoms with Gasteiger partial charge in [0.2, 0.25) is 0 Å². The van der Waals surface area contributed by atoms with Crippen LogP contribution in [0.5, 0.6) is 5.75 Å². The van der Waals surface area contributed by atoms with Crippen LogP contribution in [0.3, 0.4) is 0 Å². The van der Waals surface area contributed by atoms with Crippen molar-refractivity contribution in [2.24, 2.45) is 0 Å². The molecule has 0 aliphatic carbocycles. The van der Waals surface area contributed by atoms with Crippen molar-refractivity contribution in [2.75, 3.05) is 12.3 Å². The van der Waals surface area contributed by atoms with Crippen LogP contribution in [0.15, 0.2) is 24.3 Å². The maximum atomic E-state index is 6.41. The fourth-order valence-corrected chi connectivity index (χ4v) is 4.55. The minimum Gasteiger partial charge on any atom is -0.486 e. The number of fused-ring (bicyclic) bond motifs is 1. The van der Waals surface area contributed by atoms with Crippen LogP contribution in [0, 0.1) is 0 Å². The van der Waals surface area contributed by atoms with Crippen molar-refractivity contribution in [1.29, 1.82) is 0 Å². The van der Waals surface area contributed by atoms with Gasteiger partial charge in [0, 0.05) is 23.3 Å². The van der Waals surface area contributed by atoms with Gasteiger partial charge in [0.15, 0.2) is 0 Å². The van der Waals surface area contributed by atoms with E-state index in [1.807, 2.05) is 11.8 Å². The predicted molar refractivity (Wildman–Crippen MR) is 77.4 cm³/mol. The highest BCUT2D eigenvalue weighted by Gasteiger charge is 2.48. The molecule has 2 heterocycles. The Hall–Kier alpha value is -0.670. The molecule has 2 aliphatic rings. The van der Waals surface area contributed by atoms with Crippen LogP contribution in [0.25, 0.3) is 0 Å². The number of thioether (sulfide) groups is 1. The second kappa shape index (κ2) is 4.78. The van der Waals surface area contributed by atoms with E-state index in [0.717, 1.165) is 18.7 Å². The molecule has 0 bridgehead atoms. The summed E-state index contributed by atoms with van der Waals surface area (Å²) < 4.78 is 6.41. The van der Waals surface area contributed by atoms with Gasteiger partial charge in [-0.2, -0.15) is 11.8 Å². The van der Waals surface area contributed by atoms with Crippen LogP contribution in [-0.2, 0) is 0 Å². The summed E-state index contributed by atoms with van der Waals surface area (Å²) in [7, 11) is 0. The van der Waals surface area contributed by atoms with Crippen LogP contribution in [-0.4, -0.2) is 23.1 Å². The monoisotopic (exact) mass is 263 g/mol. The van der Waals surface area contributed by atoms with Gasteiger partial charge in [-0.1, -0.05) is 25.1 Å². The number of benzene rings is 1. The fraction of sp³-hybridized carbons (Fsp3) is 0.600. The van der Waals surface area contributed by atoms with Gasteiger partial charge >= 0.3 is 0 Å². The Balaban J connectivity index is 1.97. The Labute approximate surface area is 113 Å². The van der Waals surface area contributed by atoms with Gasteiger partial charge in [0.25, 0.3) is 0 Å². The normalized spacial score (nSPS) is 34.3. The van der Waals surface area contributed by atoms with E-state index in [0.29, 0.717) is 11.3 Å². The molecule has 3 atom stereocenters. The van der Waals surface area contributed by atoms with Crippen molar-refractivity contribution < 1.29 is 4.74 Å². The zero-order valence-electron chi connectivity index (χ0n) is 11.1. The van der Waals surface area contributed by atoms with Crippen LogP contribution in [0.4, 0.5) is 0 Å². The van der Waals surface area contributed by atoms with Gasteiger partial charge in [-0.25, -0.2) is 0 Å². The molecule has 1 aromatic carbocycles. The van der Waals surface area contributed by atoms with E-state index in [9.17, 15) is 0 Å². The van der Waals surface area contributed by atoms with Gasteiger partial charge in [-0.05, 0) is 31.7 Å². The highest BCUT2D eigenvalue weighted by atomic mass is 32.2. The largest absolute Gasteiger partial charge is 0.486 e. The summed E-state index contributed by atoms with van der Waals surface area (Å²) in [6, 6.07) is 8.95. The first kappa shape index (κ1) is 12.4. The summed E-state index contributed by atoms with van der Waals surface area (Å²) in [6.07, 6.45) is 2.28. The Kier molecular flexibility index (Phi) is 3.29. The molecule has 3 unspecified atom stereocenters. The molecule has 3 rings (SSSR count). The maximum absolute atomic E-state index is 6.41. The number of para-hydroxylation sites is 1. The molecule has 18 heavy (non-hydrogen) atoms. The summed E-state index contributed by atoms with van der Waals surface area (Å²) in [6.45, 7) is 5.50. The molecule has 0 aromatic heterocycles. The average molecular weight is 263 g/mol. The van der Waals surface area contributed by atoms with Crippen molar-refractivity contribution >= 4 is 11.8 Å². The zero-order valence-corrected chi connectivity index (χ0v) is 11.9. The van der Waals surface area contributed by atoms with Crippen molar-refractivity contribution in [3.63, 3.8) is 0 Å². The highest BCUT2D eigenvalue weighted by molar-refractivity contribution is 8.00. The lowest BCUT2D eigenvalue weighted by Crippen LogP contribution is -2.47. The van der Waals surface area contributed by atoms with Crippen LogP contribution in [0.2, 0.25) is 0 Å². The third-order valence-electron chi connectivity index (χ3n) is 4.24. The number of ether oxygens (including phenoxy) is 1. The predicted octanol–water partition coefficient (Wildman–Crippen LogP) is 3.38. The molecular weight excluding hydrogens is 242 g/mol. The van der Waals surface area contributed by atoms with Crippen molar-refractivity contribution in [3.8, 4) is 5.75 Å². The summed E-state index contributed by atoms with van der Waals surface area (Å²) in [4.78, 5) is 0. The SMILES string of the molecule is CCNC1CC2(CCSC2C)Oc2ccccc21. The van der Waals surface area contributed by atoms with Crippen LogP contribution in [0.1, 0.15) is 38.3 Å². The van der Waals surface area contributed by atoms with Crippen molar-refractivity contribution in [3.05, 3.63) is 29.8 Å². The van der Waals surface area contributed by atoms with Crippen LogP contribution >= 0.6 is 11.8 Å². The molecule has 1 saturated heterocycles. The van der Waals surface area contributed by atoms with Crippen molar-refractivity contribution in [1.82, 2.24) is 5.32 Å². The van der Waals surface area contributed by atoms with E-state index < -0.39 is 0 Å². The second-order valence-corrected chi connectivity index (χ2v) is 6.73. The first-order chi connectivity index (χ1) is 8.75. The third kappa shape index (κ3) is 1.94. The lowest BCUT2D eigenvalue weighted by atomic mass is 9.83. The van der Waals surface area contributed by atoms with E-state index in [4.69, 9.17) is 4.74 Å². The molecule has 0 radical (unpaired) electrons. The average Bonchev–Trinajstić information content (AvgIpc) is 2.71. The molecule has 2 aliphatic heterocycles. The smallest absolute Gasteiger partial charge is 0.124 e. The molecule has 98 valence electrons. The van der Waals surface area contributed by atoms with E-state index in [1.165, 1.54) is 17.7 Å². The number of hydrogen-bond donors (Lipinski definition) is 1. The fourth-order valence-electron chi connectivity index (χ4n) is 3.17. The van der Waals surface area contributed by atoms with E-state index in [2.05, 4.69) is 43.4 Å². The first-order valence-electron chi connectivity index (χ1n) is 6.88. The van der Waals surface area contributed by atoms with Crippen molar-refractivity contribution in [2.45, 2.75) is 43.6 Å². The van der Waals surface area contributed by atoms with Gasteiger partial charge in [-0.15, -0.1) is 0 Å². The standard InChI is InChI=1S/C15H21NOS/c1-3-16-13-10-15(8-9-18-11(15)2)17-14-7-5-4-6-12(13)14/h4-7,11,13,16H,3,8-10H2,1-2H3. The number of nitrogens with one attached hydrogen (secondary N) is 1. The molecule has 0 amide bonds. The van der Waals surface area contributed by atoms with E-state index in [1.54, 1.807) is 0 Å². The molecule has 3 heteroatoms. The minimum absolute atomic E-state index is 0.0475. The molecule has 1 spiro atoms. The number of rotatable bonds is 2. The first-order valence-corrected chi connectivity index (χ1v) is 7.93. The topological polar surface area (TPSA) is 21.3 Å². The minimum atomic E-state index is 0.0475. The third-order valence-corrected chi connectivity index (χ3v) is 5.61. The highest BCUT2D eigenvalue weighted by Crippen LogP contribution is 2.49. The Morgan fingerprint density at radius 3 is 3.00 bits per heavy atom.